The first-order valence-corrected chi connectivity index (χ1v) is 9.56. The highest BCUT2D eigenvalue weighted by Gasteiger charge is 2.29. The van der Waals surface area contributed by atoms with E-state index in [2.05, 4.69) is 20.6 Å². The number of hydrogen-bond acceptors (Lipinski definition) is 6. The Balaban J connectivity index is 1.61. The number of rotatable bonds is 4. The molecule has 2 aromatic rings. The van der Waals surface area contributed by atoms with Crippen LogP contribution < -0.4 is 15.5 Å². The Morgan fingerprint density at radius 1 is 1.07 bits per heavy atom. The first-order valence-electron chi connectivity index (χ1n) is 9.56. The van der Waals surface area contributed by atoms with Gasteiger partial charge in [0, 0.05) is 25.2 Å². The normalized spacial score (nSPS) is 21.0. The fraction of sp³-hybridized carbons (Fsp3) is 0.450. The van der Waals surface area contributed by atoms with Gasteiger partial charge in [0.25, 0.3) is 0 Å². The lowest BCUT2D eigenvalue weighted by Gasteiger charge is -2.29. The van der Waals surface area contributed by atoms with Gasteiger partial charge in [0.05, 0.1) is 18.4 Å². The third-order valence-corrected chi connectivity index (χ3v) is 5.15. The summed E-state index contributed by atoms with van der Waals surface area (Å²) in [6.07, 6.45) is 4.90. The number of nitrogens with zero attached hydrogens (tertiary/aromatic N) is 3. The minimum Gasteiger partial charge on any atom is -0.371 e. The number of ether oxygens (including phenoxy) is 1. The quantitative estimate of drug-likeness (QED) is 0.858. The lowest BCUT2D eigenvalue weighted by molar-refractivity contribution is -0.122. The lowest BCUT2D eigenvalue weighted by atomic mass is 9.96. The Labute approximate surface area is 159 Å². The Morgan fingerprint density at radius 2 is 1.89 bits per heavy atom. The molecule has 7 heteroatoms. The molecule has 1 unspecified atom stereocenters. The van der Waals surface area contributed by atoms with Crippen LogP contribution in [-0.4, -0.2) is 48.7 Å². The number of piperidine rings is 1. The third kappa shape index (κ3) is 4.16. The zero-order chi connectivity index (χ0) is 18.5. The van der Waals surface area contributed by atoms with E-state index in [0.717, 1.165) is 50.3 Å². The summed E-state index contributed by atoms with van der Waals surface area (Å²) in [7, 11) is 0. The van der Waals surface area contributed by atoms with Crippen LogP contribution in [0.2, 0.25) is 0 Å². The maximum absolute atomic E-state index is 13.3. The summed E-state index contributed by atoms with van der Waals surface area (Å²) in [6, 6.07) is 9.82. The van der Waals surface area contributed by atoms with E-state index in [-0.39, 0.29) is 17.9 Å². The molecule has 0 bridgehead atoms. The summed E-state index contributed by atoms with van der Waals surface area (Å²) in [5.74, 6) is 0.710. The third-order valence-electron chi connectivity index (χ3n) is 5.15. The number of anilines is 2. The van der Waals surface area contributed by atoms with Gasteiger partial charge in [0.1, 0.15) is 12.1 Å². The number of benzene rings is 1. The Morgan fingerprint density at radius 3 is 2.56 bits per heavy atom. The van der Waals surface area contributed by atoms with Crippen LogP contribution in [0.4, 0.5) is 11.5 Å². The zero-order valence-corrected chi connectivity index (χ0v) is 15.3. The maximum atomic E-state index is 13.3. The van der Waals surface area contributed by atoms with Crippen molar-refractivity contribution in [1.82, 2.24) is 20.6 Å². The van der Waals surface area contributed by atoms with E-state index in [1.807, 2.05) is 24.3 Å². The average Bonchev–Trinajstić information content (AvgIpc) is 2.76. The molecule has 2 aliphatic rings. The summed E-state index contributed by atoms with van der Waals surface area (Å²) in [5.41, 5.74) is 1.94. The van der Waals surface area contributed by atoms with E-state index >= 15 is 0 Å². The number of nitrogens with one attached hydrogen (secondary N) is 2. The summed E-state index contributed by atoms with van der Waals surface area (Å²) < 4.78 is 5.82. The number of carbonyl (C=O) groups excluding carboxylic acids is 1. The van der Waals surface area contributed by atoms with Crippen molar-refractivity contribution in [2.45, 2.75) is 18.9 Å². The van der Waals surface area contributed by atoms with Gasteiger partial charge in [-0.15, -0.1) is 0 Å². The van der Waals surface area contributed by atoms with Crippen molar-refractivity contribution in [2.75, 3.05) is 37.7 Å². The molecule has 2 aliphatic heterocycles. The van der Waals surface area contributed by atoms with Gasteiger partial charge in [0.15, 0.2) is 0 Å². The highest BCUT2D eigenvalue weighted by atomic mass is 16.5. The molecule has 142 valence electrons. The zero-order valence-electron chi connectivity index (χ0n) is 15.3. The van der Waals surface area contributed by atoms with Crippen LogP contribution in [0, 0.1) is 5.92 Å². The molecule has 27 heavy (non-hydrogen) atoms. The average molecular weight is 367 g/mol. The standard InChI is InChI=1S/C20H25N5O2/c26-20(16-5-8-21-9-6-16)25(19-7-10-23-14-24-19)17-3-1-15(2-4-17)18-13-22-11-12-27-18/h1-4,7,10,14,16,18,21-22H,5-6,8-9,11-13H2. The van der Waals surface area contributed by atoms with Crippen LogP contribution in [-0.2, 0) is 9.53 Å². The fourth-order valence-electron chi connectivity index (χ4n) is 3.66. The van der Waals surface area contributed by atoms with Crippen molar-refractivity contribution in [3.8, 4) is 0 Å². The van der Waals surface area contributed by atoms with Crippen LogP contribution in [0.1, 0.15) is 24.5 Å². The van der Waals surface area contributed by atoms with Gasteiger partial charge in [-0.3, -0.25) is 9.69 Å². The van der Waals surface area contributed by atoms with Crippen molar-refractivity contribution in [3.05, 3.63) is 48.4 Å². The van der Waals surface area contributed by atoms with Gasteiger partial charge >= 0.3 is 0 Å². The summed E-state index contributed by atoms with van der Waals surface area (Å²) in [4.78, 5) is 23.3. The molecule has 7 nitrogen and oxygen atoms in total. The molecule has 2 saturated heterocycles. The molecule has 4 rings (SSSR count). The molecular weight excluding hydrogens is 342 g/mol. The molecular formula is C20H25N5O2. The molecule has 3 heterocycles. The van der Waals surface area contributed by atoms with Crippen LogP contribution >= 0.6 is 0 Å². The number of carbonyl (C=O) groups is 1. The first kappa shape index (κ1) is 18.0. The predicted octanol–water partition coefficient (Wildman–Crippen LogP) is 1.80. The number of hydrogen-bond donors (Lipinski definition) is 2. The number of morpholine rings is 1. The second kappa shape index (κ2) is 8.56. The van der Waals surface area contributed by atoms with Crippen molar-refractivity contribution >= 4 is 17.4 Å². The van der Waals surface area contributed by atoms with Gasteiger partial charge < -0.3 is 15.4 Å². The smallest absolute Gasteiger partial charge is 0.235 e. The van der Waals surface area contributed by atoms with E-state index < -0.39 is 0 Å². The summed E-state index contributed by atoms with van der Waals surface area (Å²) in [5, 5.41) is 6.66. The fourth-order valence-corrected chi connectivity index (χ4v) is 3.66. The first-order chi connectivity index (χ1) is 13.3. The molecule has 1 atom stereocenters. The van der Waals surface area contributed by atoms with Gasteiger partial charge in [-0.1, -0.05) is 12.1 Å². The molecule has 0 aliphatic carbocycles. The van der Waals surface area contributed by atoms with Crippen molar-refractivity contribution < 1.29 is 9.53 Å². The summed E-state index contributed by atoms with van der Waals surface area (Å²) in [6.45, 7) is 4.16. The minimum atomic E-state index is 0.00627. The van der Waals surface area contributed by atoms with E-state index in [9.17, 15) is 4.79 Å². The van der Waals surface area contributed by atoms with E-state index in [4.69, 9.17) is 4.74 Å². The van der Waals surface area contributed by atoms with Crippen LogP contribution in [0.25, 0.3) is 0 Å². The highest BCUT2D eigenvalue weighted by molar-refractivity contribution is 6.01. The number of amides is 1. The maximum Gasteiger partial charge on any atom is 0.235 e. The van der Waals surface area contributed by atoms with Crippen molar-refractivity contribution in [1.29, 1.82) is 0 Å². The lowest BCUT2D eigenvalue weighted by Crippen LogP contribution is -2.39. The molecule has 2 N–H and O–H groups in total. The largest absolute Gasteiger partial charge is 0.371 e. The highest BCUT2D eigenvalue weighted by Crippen LogP contribution is 2.29. The molecule has 0 spiro atoms. The van der Waals surface area contributed by atoms with Crippen molar-refractivity contribution in [3.63, 3.8) is 0 Å². The monoisotopic (exact) mass is 367 g/mol. The van der Waals surface area contributed by atoms with E-state index in [1.165, 1.54) is 6.33 Å². The second-order valence-corrected chi connectivity index (χ2v) is 6.92. The van der Waals surface area contributed by atoms with Crippen LogP contribution in [0.5, 0.6) is 0 Å². The predicted molar refractivity (Wildman–Crippen MR) is 103 cm³/mol. The van der Waals surface area contributed by atoms with Gasteiger partial charge in [-0.25, -0.2) is 9.97 Å². The van der Waals surface area contributed by atoms with E-state index in [1.54, 1.807) is 17.2 Å². The molecule has 0 saturated carbocycles. The van der Waals surface area contributed by atoms with Gasteiger partial charge in [-0.2, -0.15) is 0 Å². The minimum absolute atomic E-state index is 0.00627. The molecule has 1 amide bonds. The Hall–Kier alpha value is -2.35. The topological polar surface area (TPSA) is 79.4 Å². The molecule has 2 fully saturated rings. The van der Waals surface area contributed by atoms with Crippen LogP contribution in [0.15, 0.2) is 42.9 Å². The SMILES string of the molecule is O=C(C1CCNCC1)N(c1ccc(C2CNCCO2)cc1)c1ccncn1. The molecule has 1 aromatic heterocycles. The summed E-state index contributed by atoms with van der Waals surface area (Å²) >= 11 is 0. The van der Waals surface area contributed by atoms with Gasteiger partial charge in [0.2, 0.25) is 5.91 Å². The molecule has 0 radical (unpaired) electrons. The Bertz CT molecular complexity index is 741. The Kier molecular flexibility index (Phi) is 5.72. The van der Waals surface area contributed by atoms with E-state index in [0.29, 0.717) is 12.4 Å². The van der Waals surface area contributed by atoms with Gasteiger partial charge in [-0.05, 0) is 49.7 Å². The van der Waals surface area contributed by atoms with Crippen molar-refractivity contribution in [2.24, 2.45) is 5.92 Å². The molecule has 1 aromatic carbocycles. The van der Waals surface area contributed by atoms with Crippen LogP contribution in [0.3, 0.4) is 0 Å². The number of aromatic nitrogens is 2. The second-order valence-electron chi connectivity index (χ2n) is 6.92.